The number of carbonyl (C=O) groups excluding carboxylic acids is 2. The molecule has 2 rings (SSSR count). The van der Waals surface area contributed by atoms with Crippen molar-refractivity contribution in [3.8, 4) is 0 Å². The van der Waals surface area contributed by atoms with Gasteiger partial charge in [0.1, 0.15) is 6.04 Å². The third kappa shape index (κ3) is 7.04. The predicted octanol–water partition coefficient (Wildman–Crippen LogP) is 4.42. The van der Waals surface area contributed by atoms with Gasteiger partial charge in [-0.1, -0.05) is 48.0 Å². The van der Waals surface area contributed by atoms with E-state index in [9.17, 15) is 9.59 Å². The molecule has 2 aromatic carbocycles. The summed E-state index contributed by atoms with van der Waals surface area (Å²) in [4.78, 5) is 28.3. The summed E-state index contributed by atoms with van der Waals surface area (Å²) in [5.41, 5.74) is 2.24. The van der Waals surface area contributed by atoms with Crippen molar-refractivity contribution in [2.24, 2.45) is 0 Å². The lowest BCUT2D eigenvalue weighted by molar-refractivity contribution is -0.140. The summed E-state index contributed by atoms with van der Waals surface area (Å²) in [5, 5.41) is 2.91. The Kier molecular flexibility index (Phi) is 8.58. The van der Waals surface area contributed by atoms with Gasteiger partial charge in [-0.15, -0.1) is 11.8 Å². The highest BCUT2D eigenvalue weighted by atomic mass is 32.2. The minimum Gasteiger partial charge on any atom is -0.352 e. The van der Waals surface area contributed by atoms with Crippen molar-refractivity contribution in [1.82, 2.24) is 10.2 Å². The maximum absolute atomic E-state index is 13.0. The summed E-state index contributed by atoms with van der Waals surface area (Å²) in [6.07, 6.45) is 0.394. The number of hydrogen-bond donors (Lipinski definition) is 1. The molecule has 0 spiro atoms. The van der Waals surface area contributed by atoms with Gasteiger partial charge in [-0.2, -0.15) is 0 Å². The van der Waals surface area contributed by atoms with E-state index < -0.39 is 6.04 Å². The fourth-order valence-corrected chi connectivity index (χ4v) is 3.64. The smallest absolute Gasteiger partial charge is 0.242 e. The van der Waals surface area contributed by atoms with Crippen LogP contribution in [0.1, 0.15) is 38.3 Å². The van der Waals surface area contributed by atoms with Crippen LogP contribution in [0.5, 0.6) is 0 Å². The number of amides is 2. The third-order valence-corrected chi connectivity index (χ3v) is 5.41. The quantitative estimate of drug-likeness (QED) is 0.636. The van der Waals surface area contributed by atoms with E-state index in [-0.39, 0.29) is 17.9 Å². The van der Waals surface area contributed by atoms with Crippen molar-refractivity contribution in [3.05, 3.63) is 65.7 Å². The van der Waals surface area contributed by atoms with E-state index in [0.29, 0.717) is 18.7 Å². The molecular formula is C23H30N2O2S. The van der Waals surface area contributed by atoms with E-state index in [0.717, 1.165) is 10.5 Å². The Morgan fingerprint density at radius 3 is 2.25 bits per heavy atom. The van der Waals surface area contributed by atoms with Crippen LogP contribution in [0, 0.1) is 6.92 Å². The Morgan fingerprint density at radius 1 is 1.00 bits per heavy atom. The Bertz CT molecular complexity index is 760. The van der Waals surface area contributed by atoms with E-state index in [1.165, 1.54) is 5.56 Å². The van der Waals surface area contributed by atoms with Crippen LogP contribution in [-0.2, 0) is 16.1 Å². The number of thioether (sulfide) groups is 1. The van der Waals surface area contributed by atoms with Gasteiger partial charge in [0.25, 0.3) is 0 Å². The monoisotopic (exact) mass is 398 g/mol. The molecule has 0 aliphatic heterocycles. The third-order valence-electron chi connectivity index (χ3n) is 4.40. The molecule has 0 radical (unpaired) electrons. The second kappa shape index (κ2) is 10.9. The summed E-state index contributed by atoms with van der Waals surface area (Å²) in [6.45, 7) is 8.13. The predicted molar refractivity (Wildman–Crippen MR) is 116 cm³/mol. The van der Waals surface area contributed by atoms with Crippen LogP contribution in [0.15, 0.2) is 59.5 Å². The van der Waals surface area contributed by atoms with Crippen molar-refractivity contribution in [2.45, 2.75) is 57.6 Å². The Hall–Kier alpha value is -2.27. The fraction of sp³-hybridized carbons (Fsp3) is 0.391. The zero-order valence-corrected chi connectivity index (χ0v) is 18.0. The first-order valence-electron chi connectivity index (χ1n) is 9.70. The highest BCUT2D eigenvalue weighted by Gasteiger charge is 2.26. The van der Waals surface area contributed by atoms with Gasteiger partial charge >= 0.3 is 0 Å². The molecule has 0 bridgehead atoms. The average molecular weight is 399 g/mol. The topological polar surface area (TPSA) is 49.4 Å². The van der Waals surface area contributed by atoms with Crippen LogP contribution in [0.3, 0.4) is 0 Å². The molecule has 1 N–H and O–H groups in total. The second-order valence-corrected chi connectivity index (χ2v) is 8.43. The van der Waals surface area contributed by atoms with Crippen molar-refractivity contribution >= 4 is 23.6 Å². The first-order valence-corrected chi connectivity index (χ1v) is 10.7. The standard InChI is InChI=1S/C23H30N2O2S/c1-17(2)24-23(27)19(4)25(16-20-8-6-5-7-9-20)22(26)14-15-28-21-12-10-18(3)11-13-21/h5-13,17,19H,14-16H2,1-4H3,(H,24,27). The first-order chi connectivity index (χ1) is 13.4. The molecule has 2 aromatic rings. The first kappa shape index (κ1) is 22.0. The number of hydrogen-bond acceptors (Lipinski definition) is 3. The van der Waals surface area contributed by atoms with Gasteiger partial charge in [0.15, 0.2) is 0 Å². The zero-order chi connectivity index (χ0) is 20.5. The molecule has 5 heteroatoms. The fourth-order valence-electron chi connectivity index (χ4n) is 2.80. The van der Waals surface area contributed by atoms with E-state index >= 15 is 0 Å². The largest absolute Gasteiger partial charge is 0.352 e. The lowest BCUT2D eigenvalue weighted by atomic mass is 10.1. The zero-order valence-electron chi connectivity index (χ0n) is 17.1. The average Bonchev–Trinajstić information content (AvgIpc) is 2.67. The number of aryl methyl sites for hydroxylation is 1. The van der Waals surface area contributed by atoms with Crippen molar-refractivity contribution in [1.29, 1.82) is 0 Å². The van der Waals surface area contributed by atoms with Crippen LogP contribution >= 0.6 is 11.8 Å². The number of benzene rings is 2. The Labute approximate surface area is 172 Å². The molecule has 0 saturated carbocycles. The van der Waals surface area contributed by atoms with Gasteiger partial charge in [0.2, 0.25) is 11.8 Å². The maximum Gasteiger partial charge on any atom is 0.242 e. The highest BCUT2D eigenvalue weighted by molar-refractivity contribution is 7.99. The summed E-state index contributed by atoms with van der Waals surface area (Å²) in [5.74, 6) is 0.562. The summed E-state index contributed by atoms with van der Waals surface area (Å²) in [7, 11) is 0. The van der Waals surface area contributed by atoms with E-state index in [2.05, 4.69) is 36.5 Å². The Morgan fingerprint density at radius 2 is 1.64 bits per heavy atom. The molecular weight excluding hydrogens is 368 g/mol. The van der Waals surface area contributed by atoms with Crippen molar-refractivity contribution < 1.29 is 9.59 Å². The second-order valence-electron chi connectivity index (χ2n) is 7.26. The van der Waals surface area contributed by atoms with Crippen LogP contribution in [0.25, 0.3) is 0 Å². The molecule has 2 amide bonds. The summed E-state index contributed by atoms with van der Waals surface area (Å²) >= 11 is 1.66. The number of nitrogens with zero attached hydrogens (tertiary/aromatic N) is 1. The van der Waals surface area contributed by atoms with Gasteiger partial charge < -0.3 is 10.2 Å². The summed E-state index contributed by atoms with van der Waals surface area (Å²) in [6, 6.07) is 17.6. The Balaban J connectivity index is 2.02. The molecule has 0 aliphatic rings. The highest BCUT2D eigenvalue weighted by Crippen LogP contribution is 2.20. The minimum absolute atomic E-state index is 0.00475. The minimum atomic E-state index is -0.514. The molecule has 0 fully saturated rings. The van der Waals surface area contributed by atoms with E-state index in [1.807, 2.05) is 44.2 Å². The number of rotatable bonds is 9. The van der Waals surface area contributed by atoms with Crippen LogP contribution < -0.4 is 5.32 Å². The lowest BCUT2D eigenvalue weighted by Gasteiger charge is -2.29. The molecule has 1 unspecified atom stereocenters. The van der Waals surface area contributed by atoms with E-state index in [1.54, 1.807) is 23.6 Å². The molecule has 28 heavy (non-hydrogen) atoms. The van der Waals surface area contributed by atoms with Crippen LogP contribution in [0.2, 0.25) is 0 Å². The SMILES string of the molecule is Cc1ccc(SCCC(=O)N(Cc2ccccc2)C(C)C(=O)NC(C)C)cc1. The van der Waals surface area contributed by atoms with Crippen LogP contribution in [0.4, 0.5) is 0 Å². The maximum atomic E-state index is 13.0. The van der Waals surface area contributed by atoms with Gasteiger partial charge in [-0.25, -0.2) is 0 Å². The van der Waals surface area contributed by atoms with Gasteiger partial charge in [0, 0.05) is 29.7 Å². The molecule has 0 heterocycles. The van der Waals surface area contributed by atoms with Crippen molar-refractivity contribution in [3.63, 3.8) is 0 Å². The van der Waals surface area contributed by atoms with Crippen molar-refractivity contribution in [2.75, 3.05) is 5.75 Å². The van der Waals surface area contributed by atoms with Gasteiger partial charge in [0.05, 0.1) is 0 Å². The lowest BCUT2D eigenvalue weighted by Crippen LogP contribution is -2.49. The molecule has 1 atom stereocenters. The molecule has 4 nitrogen and oxygen atoms in total. The number of nitrogens with one attached hydrogen (secondary N) is 1. The van der Waals surface area contributed by atoms with Gasteiger partial charge in [-0.3, -0.25) is 9.59 Å². The molecule has 0 aliphatic carbocycles. The normalized spacial score (nSPS) is 11.9. The molecule has 0 aromatic heterocycles. The molecule has 150 valence electrons. The van der Waals surface area contributed by atoms with Crippen LogP contribution in [-0.4, -0.2) is 34.6 Å². The molecule has 0 saturated heterocycles. The number of carbonyl (C=O) groups is 2. The van der Waals surface area contributed by atoms with E-state index in [4.69, 9.17) is 0 Å². The summed E-state index contributed by atoms with van der Waals surface area (Å²) < 4.78 is 0. The van der Waals surface area contributed by atoms with Gasteiger partial charge in [-0.05, 0) is 45.4 Å².